The number of nitrogens with zero attached hydrogens (tertiary/aromatic N) is 2. The summed E-state index contributed by atoms with van der Waals surface area (Å²) < 4.78 is 10.8. The number of hydrogen-bond donors (Lipinski definition) is 0. The second kappa shape index (κ2) is 9.53. The predicted molar refractivity (Wildman–Crippen MR) is 121 cm³/mol. The van der Waals surface area contributed by atoms with Crippen molar-refractivity contribution in [3.05, 3.63) is 54.1 Å². The largest absolute Gasteiger partial charge is 0.493 e. The molecule has 0 aromatic heterocycles. The number of amides is 2. The first-order valence-electron chi connectivity index (χ1n) is 11.1. The molecule has 0 N–H and O–H groups in total. The SMILES string of the molecule is C=CC(=O)OCCCOc1ccc2c3c(cccc13)C(=O)N(CC1CCCN1CC)C2=O. The second-order valence-electron chi connectivity index (χ2n) is 8.06. The molecule has 0 bridgehead atoms. The van der Waals surface area contributed by atoms with E-state index in [1.807, 2.05) is 12.1 Å². The molecule has 2 aromatic carbocycles. The van der Waals surface area contributed by atoms with Crippen molar-refractivity contribution in [3.63, 3.8) is 0 Å². The van der Waals surface area contributed by atoms with Gasteiger partial charge in [0.1, 0.15) is 5.75 Å². The molecule has 7 heteroatoms. The standard InChI is InChI=1S/C25H28N2O5/c1-3-22(28)32-15-7-14-31-21-12-11-20-23-18(21)9-5-10-19(23)24(29)27(25(20)30)16-17-8-6-13-26(17)4-2/h3,5,9-12,17H,1,4,6-8,13-16H2,2H3. The maximum atomic E-state index is 13.3. The van der Waals surface area contributed by atoms with Crippen molar-refractivity contribution in [1.82, 2.24) is 9.80 Å². The van der Waals surface area contributed by atoms with Crippen LogP contribution in [0.3, 0.4) is 0 Å². The van der Waals surface area contributed by atoms with E-state index in [9.17, 15) is 14.4 Å². The van der Waals surface area contributed by atoms with Gasteiger partial charge in [0.25, 0.3) is 11.8 Å². The highest BCUT2D eigenvalue weighted by Crippen LogP contribution is 2.36. The zero-order valence-corrected chi connectivity index (χ0v) is 18.3. The molecule has 0 aliphatic carbocycles. The number of carbonyl (C=O) groups excluding carboxylic acids is 3. The molecule has 7 nitrogen and oxygen atoms in total. The van der Waals surface area contributed by atoms with Gasteiger partial charge in [0, 0.05) is 47.0 Å². The molecule has 1 saturated heterocycles. The Balaban J connectivity index is 1.54. The lowest BCUT2D eigenvalue weighted by Gasteiger charge is -2.32. The lowest BCUT2D eigenvalue weighted by molar-refractivity contribution is -0.137. The monoisotopic (exact) mass is 436 g/mol. The van der Waals surface area contributed by atoms with E-state index in [2.05, 4.69) is 18.4 Å². The summed E-state index contributed by atoms with van der Waals surface area (Å²) in [7, 11) is 0. The third kappa shape index (κ3) is 4.12. The van der Waals surface area contributed by atoms with E-state index in [0.717, 1.165) is 37.4 Å². The van der Waals surface area contributed by atoms with Crippen LogP contribution in [0.2, 0.25) is 0 Å². The van der Waals surface area contributed by atoms with E-state index in [4.69, 9.17) is 9.47 Å². The minimum absolute atomic E-state index is 0.214. The Labute approximate surface area is 187 Å². The molecule has 2 aromatic rings. The zero-order chi connectivity index (χ0) is 22.7. The third-order valence-electron chi connectivity index (χ3n) is 6.21. The van der Waals surface area contributed by atoms with Crippen LogP contribution >= 0.6 is 0 Å². The van der Waals surface area contributed by atoms with Gasteiger partial charge in [0.2, 0.25) is 0 Å². The number of hydrogen-bond acceptors (Lipinski definition) is 6. The van der Waals surface area contributed by atoms with Gasteiger partial charge in [-0.25, -0.2) is 4.79 Å². The van der Waals surface area contributed by atoms with Crippen LogP contribution in [0.5, 0.6) is 5.75 Å². The van der Waals surface area contributed by atoms with Crippen molar-refractivity contribution in [2.45, 2.75) is 32.2 Å². The lowest BCUT2D eigenvalue weighted by Crippen LogP contribution is -2.47. The summed E-state index contributed by atoms with van der Waals surface area (Å²) in [5, 5.41) is 1.38. The quantitative estimate of drug-likeness (QED) is 0.260. The van der Waals surface area contributed by atoms with Crippen LogP contribution < -0.4 is 4.74 Å². The van der Waals surface area contributed by atoms with Crippen molar-refractivity contribution in [2.24, 2.45) is 0 Å². The second-order valence-corrected chi connectivity index (χ2v) is 8.06. The first kappa shape index (κ1) is 22.0. The molecule has 2 aliphatic heterocycles. The van der Waals surface area contributed by atoms with Gasteiger partial charge in [0.05, 0.1) is 13.2 Å². The average Bonchev–Trinajstić information content (AvgIpc) is 3.27. The summed E-state index contributed by atoms with van der Waals surface area (Å²) in [5.41, 5.74) is 1.06. The molecular formula is C25H28N2O5. The Morgan fingerprint density at radius 2 is 1.94 bits per heavy atom. The zero-order valence-electron chi connectivity index (χ0n) is 18.3. The van der Waals surface area contributed by atoms with Gasteiger partial charge in [-0.3, -0.25) is 19.4 Å². The first-order valence-corrected chi connectivity index (χ1v) is 11.1. The molecule has 168 valence electrons. The van der Waals surface area contributed by atoms with Gasteiger partial charge >= 0.3 is 5.97 Å². The smallest absolute Gasteiger partial charge is 0.330 e. The van der Waals surface area contributed by atoms with Gasteiger partial charge in [0.15, 0.2) is 0 Å². The molecule has 4 rings (SSSR count). The molecule has 1 fully saturated rings. The highest BCUT2D eigenvalue weighted by atomic mass is 16.5. The van der Waals surface area contributed by atoms with E-state index >= 15 is 0 Å². The van der Waals surface area contributed by atoms with E-state index in [-0.39, 0.29) is 24.5 Å². The molecule has 0 radical (unpaired) electrons. The molecule has 32 heavy (non-hydrogen) atoms. The van der Waals surface area contributed by atoms with Crippen molar-refractivity contribution >= 4 is 28.6 Å². The maximum absolute atomic E-state index is 13.3. The molecule has 0 saturated carbocycles. The van der Waals surface area contributed by atoms with Crippen LogP contribution in [-0.4, -0.2) is 66.5 Å². The van der Waals surface area contributed by atoms with Gasteiger partial charge in [-0.1, -0.05) is 25.6 Å². The summed E-state index contributed by atoms with van der Waals surface area (Å²) in [6.45, 7) is 8.39. The van der Waals surface area contributed by atoms with E-state index < -0.39 is 5.97 Å². The predicted octanol–water partition coefficient (Wildman–Crippen LogP) is 3.42. The fourth-order valence-corrected chi connectivity index (χ4v) is 4.61. The summed E-state index contributed by atoms with van der Waals surface area (Å²) >= 11 is 0. The summed E-state index contributed by atoms with van der Waals surface area (Å²) in [5.74, 6) is -0.357. The molecule has 1 atom stereocenters. The van der Waals surface area contributed by atoms with E-state index in [1.54, 1.807) is 18.2 Å². The Hall–Kier alpha value is -3.19. The van der Waals surface area contributed by atoms with Crippen LogP contribution in [0.25, 0.3) is 10.8 Å². The first-order chi connectivity index (χ1) is 15.5. The number of benzene rings is 2. The molecule has 2 aliphatic rings. The summed E-state index contributed by atoms with van der Waals surface area (Å²) in [6, 6.07) is 9.19. The number of imide groups is 1. The van der Waals surface area contributed by atoms with Crippen LogP contribution in [0.15, 0.2) is 43.0 Å². The molecule has 2 amide bonds. The van der Waals surface area contributed by atoms with Crippen LogP contribution in [0.1, 0.15) is 46.9 Å². The maximum Gasteiger partial charge on any atom is 0.330 e. The van der Waals surface area contributed by atoms with Crippen LogP contribution in [-0.2, 0) is 9.53 Å². The number of likely N-dealkylation sites (N-methyl/N-ethyl adjacent to an activating group) is 1. The van der Waals surface area contributed by atoms with Crippen molar-refractivity contribution in [3.8, 4) is 5.75 Å². The van der Waals surface area contributed by atoms with Crippen molar-refractivity contribution in [1.29, 1.82) is 0 Å². The van der Waals surface area contributed by atoms with Gasteiger partial charge in [-0.15, -0.1) is 0 Å². The summed E-state index contributed by atoms with van der Waals surface area (Å²) in [6.07, 6.45) is 3.73. The molecule has 0 spiro atoms. The Morgan fingerprint density at radius 1 is 1.16 bits per heavy atom. The summed E-state index contributed by atoms with van der Waals surface area (Å²) in [4.78, 5) is 41.4. The normalized spacial score (nSPS) is 18.3. The number of carbonyl (C=O) groups is 3. The van der Waals surface area contributed by atoms with E-state index in [0.29, 0.717) is 41.8 Å². The van der Waals surface area contributed by atoms with Crippen molar-refractivity contribution < 1.29 is 23.9 Å². The van der Waals surface area contributed by atoms with E-state index in [1.165, 1.54) is 4.90 Å². The number of ether oxygens (including phenoxy) is 2. The Bertz CT molecular complexity index is 1040. The highest BCUT2D eigenvalue weighted by Gasteiger charge is 2.36. The minimum Gasteiger partial charge on any atom is -0.493 e. The van der Waals surface area contributed by atoms with Gasteiger partial charge in [-0.05, 0) is 44.1 Å². The van der Waals surface area contributed by atoms with Gasteiger partial charge < -0.3 is 9.47 Å². The number of likely N-dealkylation sites (tertiary alicyclic amines) is 1. The number of esters is 1. The topological polar surface area (TPSA) is 76.2 Å². The fraction of sp³-hybridized carbons (Fsp3) is 0.400. The van der Waals surface area contributed by atoms with Crippen LogP contribution in [0.4, 0.5) is 0 Å². The minimum atomic E-state index is -0.465. The molecule has 1 unspecified atom stereocenters. The number of rotatable bonds is 9. The molecule has 2 heterocycles. The average molecular weight is 437 g/mol. The van der Waals surface area contributed by atoms with Gasteiger partial charge in [-0.2, -0.15) is 0 Å². The Morgan fingerprint density at radius 3 is 2.69 bits per heavy atom. The third-order valence-corrected chi connectivity index (χ3v) is 6.21. The molecular weight excluding hydrogens is 408 g/mol. The Kier molecular flexibility index (Phi) is 6.55. The lowest BCUT2D eigenvalue weighted by atomic mass is 9.93. The highest BCUT2D eigenvalue weighted by molar-refractivity contribution is 6.26. The van der Waals surface area contributed by atoms with Crippen molar-refractivity contribution in [2.75, 3.05) is 32.8 Å². The fourth-order valence-electron chi connectivity index (χ4n) is 4.61. The van der Waals surface area contributed by atoms with Crippen LogP contribution in [0, 0.1) is 0 Å².